The van der Waals surface area contributed by atoms with Gasteiger partial charge in [-0.15, -0.1) is 36.2 Å². The van der Waals surface area contributed by atoms with Gasteiger partial charge in [-0.25, -0.2) is 15.0 Å². The van der Waals surface area contributed by atoms with E-state index in [1.165, 1.54) is 5.56 Å². The smallest absolute Gasteiger partial charge is 0.188 e. The maximum Gasteiger partial charge on any atom is 0.188 e. The van der Waals surface area contributed by atoms with Crippen LogP contribution in [0.5, 0.6) is 0 Å². The largest absolute Gasteiger partial charge is 0.326 e. The van der Waals surface area contributed by atoms with Crippen molar-refractivity contribution in [2.24, 2.45) is 5.73 Å². The summed E-state index contributed by atoms with van der Waals surface area (Å²) in [7, 11) is 0. The fraction of sp³-hybridized carbons (Fsp3) is 0.278. The van der Waals surface area contributed by atoms with Gasteiger partial charge >= 0.3 is 0 Å². The van der Waals surface area contributed by atoms with Crippen LogP contribution in [0.2, 0.25) is 0 Å². The number of hydrogen-bond donors (Lipinski definition) is 1. The van der Waals surface area contributed by atoms with Crippen LogP contribution in [0.1, 0.15) is 17.2 Å². The second kappa shape index (κ2) is 9.39. The molecule has 0 aliphatic carbocycles. The normalized spacial score (nSPS) is 19.6. The van der Waals surface area contributed by atoms with Crippen molar-refractivity contribution >= 4 is 36.2 Å². The molecule has 0 unspecified atom stereocenters. The predicted octanol–water partition coefficient (Wildman–Crippen LogP) is 3.37. The molecule has 0 radical (unpaired) electrons. The van der Waals surface area contributed by atoms with Crippen molar-refractivity contribution in [1.29, 1.82) is 0 Å². The molecule has 2 atom stereocenters. The fourth-order valence-corrected chi connectivity index (χ4v) is 3.97. The topological polar surface area (TPSA) is 67.9 Å². The van der Waals surface area contributed by atoms with Crippen LogP contribution in [-0.4, -0.2) is 39.0 Å². The van der Waals surface area contributed by atoms with E-state index in [0.29, 0.717) is 11.7 Å². The molecular formula is C18H21Cl2N5S. The highest BCUT2D eigenvalue weighted by Crippen LogP contribution is 2.28. The van der Waals surface area contributed by atoms with Crippen molar-refractivity contribution in [1.82, 2.24) is 19.9 Å². The monoisotopic (exact) mass is 409 g/mol. The van der Waals surface area contributed by atoms with Crippen molar-refractivity contribution in [2.75, 3.05) is 13.1 Å². The fourth-order valence-electron chi connectivity index (χ4n) is 3.22. The second-order valence-electron chi connectivity index (χ2n) is 6.09. The SMILES string of the molecule is Cl.Cl.N[C@@H]1CN(Cc2csc(-c3ncccn3)n2)C[C@H]1c1ccccc1. The molecule has 0 saturated carbocycles. The van der Waals surface area contributed by atoms with E-state index in [9.17, 15) is 0 Å². The number of hydrogen-bond acceptors (Lipinski definition) is 6. The van der Waals surface area contributed by atoms with Gasteiger partial charge in [-0.05, 0) is 11.6 Å². The quantitative estimate of drug-likeness (QED) is 0.714. The molecule has 5 nitrogen and oxygen atoms in total. The van der Waals surface area contributed by atoms with Gasteiger partial charge in [0.1, 0.15) is 0 Å². The minimum atomic E-state index is 0. The Morgan fingerprint density at radius 1 is 1.04 bits per heavy atom. The van der Waals surface area contributed by atoms with Crippen molar-refractivity contribution in [3.63, 3.8) is 0 Å². The van der Waals surface area contributed by atoms with E-state index in [2.05, 4.69) is 49.5 Å². The first kappa shape index (κ1) is 20.7. The number of halogens is 2. The highest BCUT2D eigenvalue weighted by Gasteiger charge is 2.31. The van der Waals surface area contributed by atoms with Gasteiger partial charge in [0.05, 0.1) is 5.69 Å². The molecule has 1 aliphatic rings. The lowest BCUT2D eigenvalue weighted by atomic mass is 9.95. The highest BCUT2D eigenvalue weighted by molar-refractivity contribution is 7.13. The maximum atomic E-state index is 6.37. The van der Waals surface area contributed by atoms with Crippen molar-refractivity contribution in [2.45, 2.75) is 18.5 Å². The van der Waals surface area contributed by atoms with E-state index in [4.69, 9.17) is 5.73 Å². The summed E-state index contributed by atoms with van der Waals surface area (Å²) < 4.78 is 0. The molecule has 0 spiro atoms. The zero-order valence-electron chi connectivity index (χ0n) is 14.1. The molecule has 0 amide bonds. The molecule has 4 rings (SSSR count). The summed E-state index contributed by atoms with van der Waals surface area (Å²) in [6.45, 7) is 2.69. The molecule has 1 saturated heterocycles. The summed E-state index contributed by atoms with van der Waals surface area (Å²) in [5.74, 6) is 1.08. The van der Waals surface area contributed by atoms with E-state index in [0.717, 1.165) is 30.3 Å². The minimum Gasteiger partial charge on any atom is -0.326 e. The summed E-state index contributed by atoms with van der Waals surface area (Å²) >= 11 is 1.59. The average Bonchev–Trinajstić information content (AvgIpc) is 3.23. The summed E-state index contributed by atoms with van der Waals surface area (Å²) in [4.78, 5) is 15.6. The lowest BCUT2D eigenvalue weighted by molar-refractivity contribution is 0.320. The first-order valence-electron chi connectivity index (χ1n) is 8.04. The van der Waals surface area contributed by atoms with E-state index < -0.39 is 0 Å². The van der Waals surface area contributed by atoms with Gasteiger partial charge in [-0.3, -0.25) is 4.90 Å². The zero-order valence-corrected chi connectivity index (χ0v) is 16.5. The van der Waals surface area contributed by atoms with Crippen LogP contribution in [0.4, 0.5) is 0 Å². The van der Waals surface area contributed by atoms with Gasteiger partial charge < -0.3 is 5.73 Å². The van der Waals surface area contributed by atoms with Crippen LogP contribution in [0.15, 0.2) is 54.2 Å². The summed E-state index contributed by atoms with van der Waals surface area (Å²) in [6, 6.07) is 12.5. The van der Waals surface area contributed by atoms with Crippen LogP contribution >= 0.6 is 36.2 Å². The van der Waals surface area contributed by atoms with Gasteiger partial charge in [0, 0.05) is 49.4 Å². The Hall–Kier alpha value is -1.57. The average molecular weight is 410 g/mol. The van der Waals surface area contributed by atoms with E-state index >= 15 is 0 Å². The molecule has 1 aliphatic heterocycles. The summed E-state index contributed by atoms with van der Waals surface area (Å²) in [5.41, 5.74) is 8.75. The number of nitrogens with two attached hydrogens (primary N) is 1. The van der Waals surface area contributed by atoms with Gasteiger partial charge in [0.15, 0.2) is 10.8 Å². The summed E-state index contributed by atoms with van der Waals surface area (Å²) in [6.07, 6.45) is 3.49. The third-order valence-electron chi connectivity index (χ3n) is 4.36. The molecule has 138 valence electrons. The molecular weight excluding hydrogens is 389 g/mol. The van der Waals surface area contributed by atoms with E-state index in [-0.39, 0.29) is 30.9 Å². The Bertz CT molecular complexity index is 800. The number of nitrogens with zero attached hydrogens (tertiary/aromatic N) is 4. The van der Waals surface area contributed by atoms with Gasteiger partial charge in [0.25, 0.3) is 0 Å². The molecule has 2 N–H and O–H groups in total. The highest BCUT2D eigenvalue weighted by atomic mass is 35.5. The van der Waals surface area contributed by atoms with Gasteiger partial charge in [-0.1, -0.05) is 30.3 Å². The van der Waals surface area contributed by atoms with Crippen LogP contribution in [0.3, 0.4) is 0 Å². The number of rotatable bonds is 4. The van der Waals surface area contributed by atoms with E-state index in [1.54, 1.807) is 23.7 Å². The van der Waals surface area contributed by atoms with Crippen molar-refractivity contribution in [3.05, 3.63) is 65.4 Å². The number of thiazole rings is 1. The molecule has 2 aromatic heterocycles. The third kappa shape index (κ3) is 4.58. The van der Waals surface area contributed by atoms with Crippen LogP contribution in [-0.2, 0) is 6.54 Å². The van der Waals surface area contributed by atoms with Gasteiger partial charge in [-0.2, -0.15) is 0 Å². The van der Waals surface area contributed by atoms with Crippen LogP contribution in [0.25, 0.3) is 10.8 Å². The first-order chi connectivity index (χ1) is 11.8. The van der Waals surface area contributed by atoms with Crippen LogP contribution < -0.4 is 5.73 Å². The van der Waals surface area contributed by atoms with Gasteiger partial charge in [0.2, 0.25) is 0 Å². The molecule has 3 heterocycles. The lowest BCUT2D eigenvalue weighted by Gasteiger charge is -2.15. The van der Waals surface area contributed by atoms with Crippen LogP contribution in [0, 0.1) is 0 Å². The third-order valence-corrected chi connectivity index (χ3v) is 5.25. The maximum absolute atomic E-state index is 6.37. The van der Waals surface area contributed by atoms with Crippen molar-refractivity contribution < 1.29 is 0 Å². The number of likely N-dealkylation sites (tertiary alicyclic amines) is 1. The number of aromatic nitrogens is 3. The Morgan fingerprint density at radius 3 is 2.50 bits per heavy atom. The molecule has 1 aromatic carbocycles. The standard InChI is InChI=1S/C18H19N5S.2ClH/c19-16-11-23(10-15(16)13-5-2-1-3-6-13)9-14-12-24-18(22-14)17-20-7-4-8-21-17;;/h1-8,12,15-16H,9-11,19H2;2*1H/t15-,16+;;/m0../s1. The molecule has 26 heavy (non-hydrogen) atoms. The van der Waals surface area contributed by atoms with Crippen molar-refractivity contribution in [3.8, 4) is 10.8 Å². The summed E-state index contributed by atoms with van der Waals surface area (Å²) in [5, 5.41) is 2.96. The zero-order chi connectivity index (χ0) is 16.4. The Balaban J connectivity index is 0.00000121. The van der Waals surface area contributed by atoms with E-state index in [1.807, 2.05) is 12.1 Å². The first-order valence-corrected chi connectivity index (χ1v) is 8.92. The molecule has 1 fully saturated rings. The predicted molar refractivity (Wildman–Crippen MR) is 110 cm³/mol. The molecule has 8 heteroatoms. The second-order valence-corrected chi connectivity index (χ2v) is 6.95. The Labute approximate surface area is 169 Å². The molecule has 3 aromatic rings. The Morgan fingerprint density at radius 2 is 1.77 bits per heavy atom. The number of benzene rings is 1. The lowest BCUT2D eigenvalue weighted by Crippen LogP contribution is -2.28. The minimum absolute atomic E-state index is 0. The molecule has 0 bridgehead atoms. The Kier molecular flexibility index (Phi) is 7.49.